The van der Waals surface area contributed by atoms with E-state index in [2.05, 4.69) is 15.0 Å². The molecule has 0 bridgehead atoms. The Morgan fingerprint density at radius 3 is 2.44 bits per heavy atom. The summed E-state index contributed by atoms with van der Waals surface area (Å²) in [6.45, 7) is 4.29. The first kappa shape index (κ1) is 17.4. The lowest BCUT2D eigenvalue weighted by Crippen LogP contribution is -2.59. The maximum Gasteiger partial charge on any atom is 0.254 e. The third-order valence-corrected chi connectivity index (χ3v) is 5.03. The quantitative estimate of drug-likeness (QED) is 0.743. The van der Waals surface area contributed by atoms with Gasteiger partial charge in [0.15, 0.2) is 0 Å². The number of nitrogens with zero attached hydrogens (tertiary/aromatic N) is 3. The molecule has 2 aromatic heterocycles. The molecule has 1 saturated heterocycles. The Morgan fingerprint density at radius 1 is 1.15 bits per heavy atom. The molecule has 0 amide bonds. The Balaban J connectivity index is 1.51. The number of nitrogens with one attached hydrogen (secondary N) is 1. The van der Waals surface area contributed by atoms with E-state index >= 15 is 0 Å². The highest BCUT2D eigenvalue weighted by atomic mass is 19.1. The van der Waals surface area contributed by atoms with E-state index in [1.165, 1.54) is 12.1 Å². The number of aromatic amines is 1. The number of β-amino-alcohol motifs (C(OH)–C–C–N with tert-alkyl or cyclic N) is 1. The fraction of sp³-hybridized carbons (Fsp3) is 0.250. The molecule has 0 saturated carbocycles. The summed E-state index contributed by atoms with van der Waals surface area (Å²) in [5, 5.41) is 10.7. The van der Waals surface area contributed by atoms with E-state index in [9.17, 15) is 14.3 Å². The molecule has 0 atom stereocenters. The van der Waals surface area contributed by atoms with E-state index in [4.69, 9.17) is 0 Å². The molecule has 27 heavy (non-hydrogen) atoms. The predicted molar refractivity (Wildman–Crippen MR) is 100 cm³/mol. The minimum atomic E-state index is -1.01. The van der Waals surface area contributed by atoms with Crippen LogP contribution in [0.3, 0.4) is 0 Å². The third kappa shape index (κ3) is 3.10. The van der Waals surface area contributed by atoms with Crippen LogP contribution in [0.25, 0.3) is 11.4 Å². The second-order valence-corrected chi connectivity index (χ2v) is 6.92. The number of aryl methyl sites for hydroxylation is 1. The Bertz CT molecular complexity index is 1040. The van der Waals surface area contributed by atoms with Crippen molar-refractivity contribution in [2.45, 2.75) is 19.4 Å². The summed E-state index contributed by atoms with van der Waals surface area (Å²) in [6.07, 6.45) is 1.65. The predicted octanol–water partition coefficient (Wildman–Crippen LogP) is 2.30. The molecular formula is C20H19FN4O2. The summed E-state index contributed by atoms with van der Waals surface area (Å²) in [6, 6.07) is 9.57. The molecule has 0 aliphatic carbocycles. The summed E-state index contributed by atoms with van der Waals surface area (Å²) in [4.78, 5) is 25.4. The van der Waals surface area contributed by atoms with E-state index in [1.807, 2.05) is 17.0 Å². The molecule has 7 heteroatoms. The molecule has 4 rings (SSSR count). The number of aliphatic hydroxyl groups is 1. The summed E-state index contributed by atoms with van der Waals surface area (Å²) >= 11 is 0. The van der Waals surface area contributed by atoms with E-state index in [0.717, 1.165) is 5.82 Å². The molecular weight excluding hydrogens is 347 g/mol. The highest BCUT2D eigenvalue weighted by Crippen LogP contribution is 2.34. The number of aromatic nitrogens is 3. The van der Waals surface area contributed by atoms with E-state index in [1.54, 1.807) is 32.2 Å². The molecule has 2 N–H and O–H groups in total. The van der Waals surface area contributed by atoms with Gasteiger partial charge in [-0.3, -0.25) is 4.79 Å². The molecule has 1 aliphatic heterocycles. The normalized spacial score (nSPS) is 15.5. The van der Waals surface area contributed by atoms with Crippen molar-refractivity contribution in [1.82, 2.24) is 15.0 Å². The van der Waals surface area contributed by atoms with Crippen molar-refractivity contribution in [2.75, 3.05) is 18.0 Å². The van der Waals surface area contributed by atoms with Crippen LogP contribution in [-0.4, -0.2) is 33.1 Å². The highest BCUT2D eigenvalue weighted by Gasteiger charge is 2.43. The van der Waals surface area contributed by atoms with Gasteiger partial charge in [0.05, 0.1) is 13.1 Å². The van der Waals surface area contributed by atoms with Crippen LogP contribution >= 0.6 is 0 Å². The first-order chi connectivity index (χ1) is 12.9. The smallest absolute Gasteiger partial charge is 0.254 e. The van der Waals surface area contributed by atoms with Crippen LogP contribution in [0.15, 0.2) is 47.4 Å². The van der Waals surface area contributed by atoms with Crippen molar-refractivity contribution in [2.24, 2.45) is 0 Å². The van der Waals surface area contributed by atoms with Crippen LogP contribution in [0, 0.1) is 19.7 Å². The van der Waals surface area contributed by atoms with Crippen molar-refractivity contribution in [3.05, 3.63) is 75.6 Å². The third-order valence-electron chi connectivity index (χ3n) is 5.03. The minimum Gasteiger partial charge on any atom is -0.381 e. The van der Waals surface area contributed by atoms with Gasteiger partial charge in [-0.1, -0.05) is 12.1 Å². The van der Waals surface area contributed by atoms with Gasteiger partial charge in [-0.05, 0) is 43.7 Å². The first-order valence-electron chi connectivity index (χ1n) is 8.63. The summed E-state index contributed by atoms with van der Waals surface area (Å²) in [5.41, 5.74) is 1.53. The molecule has 3 aromatic rings. The van der Waals surface area contributed by atoms with Gasteiger partial charge in [0.1, 0.15) is 23.1 Å². The summed E-state index contributed by atoms with van der Waals surface area (Å²) < 4.78 is 13.1. The van der Waals surface area contributed by atoms with Gasteiger partial charge in [0.25, 0.3) is 5.56 Å². The van der Waals surface area contributed by atoms with Crippen LogP contribution < -0.4 is 10.5 Å². The van der Waals surface area contributed by atoms with Crippen molar-refractivity contribution in [3.8, 4) is 11.4 Å². The number of H-pyrrole nitrogens is 1. The molecule has 0 radical (unpaired) electrons. The van der Waals surface area contributed by atoms with Gasteiger partial charge < -0.3 is 15.0 Å². The lowest BCUT2D eigenvalue weighted by Gasteiger charge is -2.47. The largest absolute Gasteiger partial charge is 0.381 e. The van der Waals surface area contributed by atoms with Crippen molar-refractivity contribution < 1.29 is 9.50 Å². The number of benzene rings is 1. The zero-order valence-corrected chi connectivity index (χ0v) is 15.0. The summed E-state index contributed by atoms with van der Waals surface area (Å²) in [7, 11) is 0. The maximum absolute atomic E-state index is 13.1. The number of hydrogen-bond donors (Lipinski definition) is 2. The Kier molecular flexibility index (Phi) is 4.04. The van der Waals surface area contributed by atoms with Crippen LogP contribution in [-0.2, 0) is 5.60 Å². The first-order valence-corrected chi connectivity index (χ1v) is 8.63. The molecule has 1 aliphatic rings. The van der Waals surface area contributed by atoms with Gasteiger partial charge >= 0.3 is 0 Å². The number of anilines is 1. The standard InChI is InChI=1S/C20H19FN4O2/c1-12-13(2)23-18(24-19(12)26)14-3-8-17(22-9-14)25-10-20(27,11-25)15-4-6-16(21)7-5-15/h3-9,27H,10-11H2,1-2H3,(H,23,24,26). The number of pyridine rings is 1. The van der Waals surface area contributed by atoms with Gasteiger partial charge in [-0.25, -0.2) is 14.4 Å². The molecule has 0 unspecified atom stereocenters. The molecule has 1 fully saturated rings. The minimum absolute atomic E-state index is 0.159. The SMILES string of the molecule is Cc1nc(-c2ccc(N3CC(O)(c4ccc(F)cc4)C3)nc2)[nH]c(=O)c1C. The van der Waals surface area contributed by atoms with Gasteiger partial charge in [0, 0.05) is 23.0 Å². The zero-order valence-electron chi connectivity index (χ0n) is 15.0. The van der Waals surface area contributed by atoms with Crippen LogP contribution in [0.4, 0.5) is 10.2 Å². The second kappa shape index (κ2) is 6.28. The fourth-order valence-corrected chi connectivity index (χ4v) is 3.18. The Morgan fingerprint density at radius 2 is 1.85 bits per heavy atom. The lowest BCUT2D eigenvalue weighted by atomic mass is 9.86. The van der Waals surface area contributed by atoms with Crippen molar-refractivity contribution in [1.29, 1.82) is 0 Å². The highest BCUT2D eigenvalue weighted by molar-refractivity contribution is 5.57. The molecule has 0 spiro atoms. The zero-order chi connectivity index (χ0) is 19.2. The van der Waals surface area contributed by atoms with Gasteiger partial charge in [-0.15, -0.1) is 0 Å². The topological polar surface area (TPSA) is 82.1 Å². The second-order valence-electron chi connectivity index (χ2n) is 6.92. The van der Waals surface area contributed by atoms with Crippen LogP contribution in [0.2, 0.25) is 0 Å². The molecule has 6 nitrogen and oxygen atoms in total. The molecule has 138 valence electrons. The number of rotatable bonds is 3. The van der Waals surface area contributed by atoms with Gasteiger partial charge in [-0.2, -0.15) is 0 Å². The number of halogens is 1. The summed E-state index contributed by atoms with van der Waals surface area (Å²) in [5.74, 6) is 0.874. The van der Waals surface area contributed by atoms with E-state index in [-0.39, 0.29) is 11.4 Å². The average molecular weight is 366 g/mol. The molecule has 3 heterocycles. The monoisotopic (exact) mass is 366 g/mol. The van der Waals surface area contributed by atoms with E-state index < -0.39 is 5.60 Å². The van der Waals surface area contributed by atoms with E-state index in [0.29, 0.717) is 41.3 Å². The van der Waals surface area contributed by atoms with Crippen molar-refractivity contribution in [3.63, 3.8) is 0 Å². The Labute approximate surface area is 155 Å². The van der Waals surface area contributed by atoms with Crippen molar-refractivity contribution >= 4 is 5.82 Å². The van der Waals surface area contributed by atoms with Gasteiger partial charge in [0.2, 0.25) is 0 Å². The van der Waals surface area contributed by atoms with Crippen LogP contribution in [0.1, 0.15) is 16.8 Å². The number of hydrogen-bond acceptors (Lipinski definition) is 5. The fourth-order valence-electron chi connectivity index (χ4n) is 3.18. The Hall–Kier alpha value is -3.06. The lowest BCUT2D eigenvalue weighted by molar-refractivity contribution is 0.00701. The van der Waals surface area contributed by atoms with Crippen LogP contribution in [0.5, 0.6) is 0 Å². The average Bonchev–Trinajstić information content (AvgIpc) is 2.64. The maximum atomic E-state index is 13.1. The molecule has 1 aromatic carbocycles.